The first-order chi connectivity index (χ1) is 12.0. The highest BCUT2D eigenvalue weighted by molar-refractivity contribution is 7.57. The first-order valence-electron chi connectivity index (χ1n) is 6.81. The van der Waals surface area contributed by atoms with Gasteiger partial charge in [-0.3, -0.25) is 14.3 Å². The molecule has 151 valence electrons. The van der Waals surface area contributed by atoms with Crippen LogP contribution < -0.4 is 16.0 Å². The fourth-order valence-corrected chi connectivity index (χ4v) is 3.34. The Morgan fingerprint density at radius 3 is 2.52 bits per heavy atom. The molecule has 14 nitrogen and oxygen atoms in total. The molecule has 17 heteroatoms. The molecule has 1 saturated heterocycles. The van der Waals surface area contributed by atoms with Crippen LogP contribution in [0.1, 0.15) is 6.23 Å². The highest BCUT2D eigenvalue weighted by Gasteiger charge is 2.45. The van der Waals surface area contributed by atoms with Gasteiger partial charge in [0, 0.05) is 8.41 Å². The first kappa shape index (κ1) is 23.9. The maximum absolute atomic E-state index is 11.9. The molecule has 3 radical (unpaired) electrons. The molecule has 0 saturated carbocycles. The standard InChI is InChI=1S/C10H16N2O12P2.B/c1-21-4-2-12(10(16)11-8(4)15)9-7(14)6(13)5(23-9)3-22-25(17)24-26(18,19)20;/h2,5-7,9,13-14,17H,3H2,1H3,(H,11,15,16)(H2,18,19,20);/t5-,6-,7-,9-,25-;/m1./s1. The van der Waals surface area contributed by atoms with Gasteiger partial charge in [-0.25, -0.2) is 13.7 Å². The summed E-state index contributed by atoms with van der Waals surface area (Å²) < 4.78 is 29.9. The Bertz CT molecular complexity index is 795. The van der Waals surface area contributed by atoms with Crippen molar-refractivity contribution in [2.24, 2.45) is 0 Å². The number of hydrogen-bond acceptors (Lipinski definition) is 10. The topological polar surface area (TPSA) is 210 Å². The SMILES string of the molecule is COc1cn([C@@H]2O[C@H](CO[P@@](O)OP(=O)(O)O)[C@@H](O)[C@H]2O)c(=O)[nH]c1=O.[B]. The molecule has 27 heavy (non-hydrogen) atoms. The number of aliphatic hydroxyl groups excluding tert-OH is 2. The summed E-state index contributed by atoms with van der Waals surface area (Å²) in [6.45, 7) is -0.619. The number of nitrogens with zero attached hydrogens (tertiary/aromatic N) is 1. The molecule has 1 aromatic rings. The third-order valence-electron chi connectivity index (χ3n) is 3.29. The largest absolute Gasteiger partial charge is 0.490 e. The summed E-state index contributed by atoms with van der Waals surface area (Å²) in [4.78, 5) is 51.6. The molecule has 5 atom stereocenters. The quantitative estimate of drug-likeness (QED) is 0.191. The van der Waals surface area contributed by atoms with Gasteiger partial charge in [0.2, 0.25) is 5.75 Å². The number of ether oxygens (including phenoxy) is 2. The van der Waals surface area contributed by atoms with Crippen molar-refractivity contribution >= 4 is 24.8 Å². The van der Waals surface area contributed by atoms with Crippen molar-refractivity contribution in [2.75, 3.05) is 13.7 Å². The van der Waals surface area contributed by atoms with Crippen LogP contribution in [0.2, 0.25) is 0 Å². The van der Waals surface area contributed by atoms with Crippen LogP contribution in [0.3, 0.4) is 0 Å². The Balaban J connectivity index is 0.00000364. The third-order valence-corrected chi connectivity index (χ3v) is 5.07. The van der Waals surface area contributed by atoms with Gasteiger partial charge < -0.3 is 38.9 Å². The van der Waals surface area contributed by atoms with Crippen molar-refractivity contribution in [3.63, 3.8) is 0 Å². The van der Waals surface area contributed by atoms with Crippen LogP contribution >= 0.6 is 16.4 Å². The normalized spacial score (nSPS) is 26.4. The molecule has 0 amide bonds. The van der Waals surface area contributed by atoms with Gasteiger partial charge in [0.1, 0.15) is 18.3 Å². The summed E-state index contributed by atoms with van der Waals surface area (Å²) in [5, 5.41) is 20.0. The van der Waals surface area contributed by atoms with Crippen LogP contribution in [0, 0.1) is 0 Å². The lowest BCUT2D eigenvalue weighted by molar-refractivity contribution is -0.0528. The van der Waals surface area contributed by atoms with Crippen LogP contribution in [0.5, 0.6) is 5.75 Å². The lowest BCUT2D eigenvalue weighted by Crippen LogP contribution is -2.38. The second-order valence-electron chi connectivity index (χ2n) is 5.02. The zero-order valence-electron chi connectivity index (χ0n) is 13.6. The van der Waals surface area contributed by atoms with E-state index in [4.69, 9.17) is 19.3 Å². The Morgan fingerprint density at radius 1 is 1.33 bits per heavy atom. The molecule has 0 aliphatic carbocycles. The maximum atomic E-state index is 11.9. The van der Waals surface area contributed by atoms with Gasteiger partial charge >= 0.3 is 22.1 Å². The molecule has 0 bridgehead atoms. The minimum atomic E-state index is -4.98. The van der Waals surface area contributed by atoms with E-state index in [0.29, 0.717) is 0 Å². The minimum absolute atomic E-state index is 0. The van der Waals surface area contributed by atoms with E-state index in [9.17, 15) is 29.3 Å². The zero-order chi connectivity index (χ0) is 19.6. The monoisotopic (exact) mass is 429 g/mol. The molecule has 2 rings (SSSR count). The number of aromatic nitrogens is 2. The van der Waals surface area contributed by atoms with E-state index in [0.717, 1.165) is 10.8 Å². The summed E-state index contributed by atoms with van der Waals surface area (Å²) in [6, 6.07) is 0. The van der Waals surface area contributed by atoms with Crippen molar-refractivity contribution in [3.8, 4) is 5.75 Å². The summed E-state index contributed by atoms with van der Waals surface area (Å²) in [6.07, 6.45) is -4.93. The Labute approximate surface area is 154 Å². The average molecular weight is 429 g/mol. The van der Waals surface area contributed by atoms with Gasteiger partial charge in [0.05, 0.1) is 19.9 Å². The average Bonchev–Trinajstić information content (AvgIpc) is 2.80. The van der Waals surface area contributed by atoms with Crippen molar-refractivity contribution in [2.45, 2.75) is 24.5 Å². The van der Waals surface area contributed by atoms with Gasteiger partial charge in [0.25, 0.3) is 5.56 Å². The summed E-state index contributed by atoms with van der Waals surface area (Å²) in [7, 11) is -6.78. The summed E-state index contributed by atoms with van der Waals surface area (Å²) in [5.41, 5.74) is -1.75. The van der Waals surface area contributed by atoms with E-state index in [-0.39, 0.29) is 14.2 Å². The highest BCUT2D eigenvalue weighted by atomic mass is 31.3. The smallest absolute Gasteiger partial charge is 0.476 e. The van der Waals surface area contributed by atoms with E-state index < -0.39 is 58.8 Å². The third kappa shape index (κ3) is 5.93. The van der Waals surface area contributed by atoms with E-state index in [2.05, 4.69) is 8.83 Å². The van der Waals surface area contributed by atoms with Crippen molar-refractivity contribution < 1.29 is 47.8 Å². The molecule has 0 spiro atoms. The number of phosphoric acid groups is 1. The van der Waals surface area contributed by atoms with Crippen LogP contribution in [0.25, 0.3) is 0 Å². The summed E-state index contributed by atoms with van der Waals surface area (Å²) in [5.74, 6) is -0.247. The number of nitrogens with one attached hydrogen (secondary N) is 1. The van der Waals surface area contributed by atoms with E-state index in [1.807, 2.05) is 4.98 Å². The minimum Gasteiger partial charge on any atom is -0.490 e. The predicted octanol–water partition coefficient (Wildman–Crippen LogP) is -2.87. The lowest BCUT2D eigenvalue weighted by atomic mass is 10.1. The fourth-order valence-electron chi connectivity index (χ4n) is 2.15. The van der Waals surface area contributed by atoms with Crippen molar-refractivity contribution in [3.05, 3.63) is 27.0 Å². The molecule has 6 N–H and O–H groups in total. The predicted molar refractivity (Wildman–Crippen MR) is 87.8 cm³/mol. The van der Waals surface area contributed by atoms with Gasteiger partial charge in [-0.05, 0) is 0 Å². The van der Waals surface area contributed by atoms with Gasteiger partial charge in [0.15, 0.2) is 6.23 Å². The molecule has 2 heterocycles. The van der Waals surface area contributed by atoms with Crippen LogP contribution in [0.15, 0.2) is 15.8 Å². The second kappa shape index (κ2) is 9.39. The number of H-pyrrole nitrogens is 1. The maximum Gasteiger partial charge on any atom is 0.476 e. The Kier molecular flexibility index (Phi) is 8.32. The molecule has 0 aromatic carbocycles. The van der Waals surface area contributed by atoms with Crippen LogP contribution in [0.4, 0.5) is 0 Å². The Hall–Kier alpha value is -1.12. The molecular weight excluding hydrogens is 413 g/mol. The van der Waals surface area contributed by atoms with Crippen molar-refractivity contribution in [1.82, 2.24) is 9.55 Å². The van der Waals surface area contributed by atoms with E-state index in [1.54, 1.807) is 0 Å². The van der Waals surface area contributed by atoms with Gasteiger partial charge in [-0.15, -0.1) is 0 Å². The van der Waals surface area contributed by atoms with Crippen LogP contribution in [-0.4, -0.2) is 74.9 Å². The molecular formula is C10H16BN2O12P2. The zero-order valence-corrected chi connectivity index (χ0v) is 15.4. The molecule has 0 unspecified atom stereocenters. The van der Waals surface area contributed by atoms with Crippen molar-refractivity contribution in [1.29, 1.82) is 0 Å². The number of hydrogen-bond donors (Lipinski definition) is 6. The van der Waals surface area contributed by atoms with E-state index >= 15 is 0 Å². The molecule has 1 aliphatic rings. The molecule has 1 aromatic heterocycles. The van der Waals surface area contributed by atoms with E-state index in [1.165, 1.54) is 7.11 Å². The highest BCUT2D eigenvalue weighted by Crippen LogP contribution is 2.52. The van der Waals surface area contributed by atoms with Gasteiger partial charge in [-0.2, -0.15) is 0 Å². The fraction of sp³-hybridized carbons (Fsp3) is 0.600. The van der Waals surface area contributed by atoms with Crippen LogP contribution in [-0.2, 0) is 18.1 Å². The number of methoxy groups -OCH3 is 1. The Morgan fingerprint density at radius 2 is 1.96 bits per heavy atom. The number of aromatic amines is 1. The first-order valence-corrected chi connectivity index (χ1v) is 9.47. The molecule has 1 fully saturated rings. The second-order valence-corrected chi connectivity index (χ2v) is 7.38. The summed E-state index contributed by atoms with van der Waals surface area (Å²) >= 11 is 0. The number of rotatable bonds is 7. The van der Waals surface area contributed by atoms with Gasteiger partial charge in [-0.1, -0.05) is 0 Å². The number of aliphatic hydroxyl groups is 2. The lowest BCUT2D eigenvalue weighted by Gasteiger charge is -2.18. The molecule has 1 aliphatic heterocycles.